The lowest BCUT2D eigenvalue weighted by Gasteiger charge is -2.22. The fourth-order valence-electron chi connectivity index (χ4n) is 4.15. The van der Waals surface area contributed by atoms with Crippen LogP contribution in [-0.4, -0.2) is 32.1 Å². The summed E-state index contributed by atoms with van der Waals surface area (Å²) in [5.41, 5.74) is 4.66. The number of nitrogens with one attached hydrogen (secondary N) is 3. The highest BCUT2D eigenvalue weighted by molar-refractivity contribution is 6.04. The lowest BCUT2D eigenvalue weighted by Crippen LogP contribution is -2.26. The summed E-state index contributed by atoms with van der Waals surface area (Å²) in [7, 11) is 1.61. The lowest BCUT2D eigenvalue weighted by atomic mass is 10.1. The van der Waals surface area contributed by atoms with Gasteiger partial charge < -0.3 is 25.6 Å². The number of ether oxygens (including phenoxy) is 1. The number of carbonyl (C=O) groups is 2. The predicted octanol–water partition coefficient (Wildman–Crippen LogP) is 5.18. The zero-order valence-corrected chi connectivity index (χ0v) is 19.6. The zero-order chi connectivity index (χ0) is 23.9. The van der Waals surface area contributed by atoms with Crippen molar-refractivity contribution in [1.82, 2.24) is 5.32 Å². The molecule has 1 aliphatic heterocycles. The van der Waals surface area contributed by atoms with E-state index in [1.54, 1.807) is 19.2 Å². The topological polar surface area (TPSA) is 82.7 Å². The standard InChI is InChI=1S/C27H30N4O3/c1-19-8-7-10-22(16-19)29-27(33)30-23-17-20(12-13-24(23)31-14-5-6-15-31)26(32)28-18-21-9-3-4-11-25(21)34-2/h3-4,7-13,16-17H,5-6,14-15,18H2,1-2H3,(H,28,32)(H2,29,30,33). The molecule has 7 nitrogen and oxygen atoms in total. The summed E-state index contributed by atoms with van der Waals surface area (Å²) >= 11 is 0. The number of carbonyl (C=O) groups excluding carboxylic acids is 2. The van der Waals surface area contributed by atoms with Crippen molar-refractivity contribution >= 4 is 29.0 Å². The molecule has 0 atom stereocenters. The molecule has 3 N–H and O–H groups in total. The van der Waals surface area contributed by atoms with Gasteiger partial charge in [-0.05, 0) is 61.7 Å². The van der Waals surface area contributed by atoms with Gasteiger partial charge in [-0.1, -0.05) is 30.3 Å². The van der Waals surface area contributed by atoms with Crippen LogP contribution in [0.15, 0.2) is 66.7 Å². The van der Waals surface area contributed by atoms with Crippen LogP contribution in [0.4, 0.5) is 21.9 Å². The van der Waals surface area contributed by atoms with Gasteiger partial charge in [0, 0.05) is 36.4 Å². The molecule has 7 heteroatoms. The average Bonchev–Trinajstić information content (AvgIpc) is 3.37. The van der Waals surface area contributed by atoms with Crippen LogP contribution in [-0.2, 0) is 6.54 Å². The molecule has 1 aliphatic rings. The van der Waals surface area contributed by atoms with Gasteiger partial charge >= 0.3 is 6.03 Å². The smallest absolute Gasteiger partial charge is 0.323 e. The van der Waals surface area contributed by atoms with Gasteiger partial charge in [-0.2, -0.15) is 0 Å². The third kappa shape index (κ3) is 5.67. The van der Waals surface area contributed by atoms with Gasteiger partial charge in [0.1, 0.15) is 5.75 Å². The molecular formula is C27H30N4O3. The second kappa shape index (κ2) is 10.7. The quantitative estimate of drug-likeness (QED) is 0.456. The minimum absolute atomic E-state index is 0.221. The largest absolute Gasteiger partial charge is 0.496 e. The van der Waals surface area contributed by atoms with Crippen molar-refractivity contribution in [2.45, 2.75) is 26.3 Å². The maximum absolute atomic E-state index is 12.9. The molecular weight excluding hydrogens is 428 g/mol. The number of hydrogen-bond donors (Lipinski definition) is 3. The number of methoxy groups -OCH3 is 1. The fourth-order valence-corrected chi connectivity index (χ4v) is 4.15. The maximum Gasteiger partial charge on any atom is 0.323 e. The molecule has 1 heterocycles. The Morgan fingerprint density at radius 3 is 2.50 bits per heavy atom. The van der Waals surface area contributed by atoms with Crippen LogP contribution < -0.4 is 25.6 Å². The van der Waals surface area contributed by atoms with Gasteiger partial charge in [0.15, 0.2) is 0 Å². The molecule has 3 aromatic rings. The molecule has 0 spiro atoms. The van der Waals surface area contributed by atoms with Gasteiger partial charge in [-0.3, -0.25) is 4.79 Å². The Bertz CT molecular complexity index is 1170. The Kier molecular flexibility index (Phi) is 7.32. The van der Waals surface area contributed by atoms with Crippen molar-refractivity contribution in [2.75, 3.05) is 35.7 Å². The molecule has 1 fully saturated rings. The minimum atomic E-state index is -0.349. The Morgan fingerprint density at radius 1 is 0.941 bits per heavy atom. The molecule has 0 bridgehead atoms. The summed E-state index contributed by atoms with van der Waals surface area (Å²) in [5.74, 6) is 0.503. The van der Waals surface area contributed by atoms with Crippen LogP contribution in [0.25, 0.3) is 0 Å². The van der Waals surface area contributed by atoms with Crippen LogP contribution >= 0.6 is 0 Å². The van der Waals surface area contributed by atoms with Crippen molar-refractivity contribution in [3.8, 4) is 5.75 Å². The van der Waals surface area contributed by atoms with E-state index in [4.69, 9.17) is 4.74 Å². The van der Waals surface area contributed by atoms with Crippen LogP contribution in [0.5, 0.6) is 5.75 Å². The van der Waals surface area contributed by atoms with Gasteiger partial charge in [-0.15, -0.1) is 0 Å². The number of nitrogens with zero attached hydrogens (tertiary/aromatic N) is 1. The van der Waals surface area contributed by atoms with Crippen molar-refractivity contribution in [3.63, 3.8) is 0 Å². The molecule has 176 valence electrons. The van der Waals surface area contributed by atoms with Crippen LogP contribution in [0.3, 0.4) is 0 Å². The lowest BCUT2D eigenvalue weighted by molar-refractivity contribution is 0.0950. The first-order valence-electron chi connectivity index (χ1n) is 11.5. The number of hydrogen-bond acceptors (Lipinski definition) is 4. The summed E-state index contributed by atoms with van der Waals surface area (Å²) in [5, 5.41) is 8.77. The number of aryl methyl sites for hydroxylation is 1. The number of benzene rings is 3. The van der Waals surface area contributed by atoms with Crippen molar-refractivity contribution in [2.24, 2.45) is 0 Å². The number of amides is 3. The van der Waals surface area contributed by atoms with E-state index in [2.05, 4.69) is 20.9 Å². The minimum Gasteiger partial charge on any atom is -0.496 e. The number of para-hydroxylation sites is 1. The van der Waals surface area contributed by atoms with E-state index in [0.717, 1.165) is 48.5 Å². The third-order valence-electron chi connectivity index (χ3n) is 5.86. The molecule has 0 unspecified atom stereocenters. The molecule has 4 rings (SSSR count). The van der Waals surface area contributed by atoms with Gasteiger partial charge in [-0.25, -0.2) is 4.79 Å². The molecule has 3 amide bonds. The van der Waals surface area contributed by atoms with Gasteiger partial charge in [0.25, 0.3) is 5.91 Å². The van der Waals surface area contributed by atoms with E-state index in [1.807, 2.05) is 61.5 Å². The SMILES string of the molecule is COc1ccccc1CNC(=O)c1ccc(N2CCCC2)c(NC(=O)Nc2cccc(C)c2)c1. The van der Waals surface area contributed by atoms with Crippen LogP contribution in [0, 0.1) is 6.92 Å². The summed E-state index contributed by atoms with van der Waals surface area (Å²) in [6, 6.07) is 20.3. The summed E-state index contributed by atoms with van der Waals surface area (Å²) in [4.78, 5) is 27.9. The summed E-state index contributed by atoms with van der Waals surface area (Å²) in [6.07, 6.45) is 2.21. The molecule has 3 aromatic carbocycles. The van der Waals surface area contributed by atoms with Crippen LogP contribution in [0.2, 0.25) is 0 Å². The second-order valence-corrected chi connectivity index (χ2v) is 8.37. The molecule has 1 saturated heterocycles. The number of rotatable bonds is 7. The second-order valence-electron chi connectivity index (χ2n) is 8.37. The zero-order valence-electron chi connectivity index (χ0n) is 19.6. The molecule has 34 heavy (non-hydrogen) atoms. The van der Waals surface area contributed by atoms with E-state index < -0.39 is 0 Å². The van der Waals surface area contributed by atoms with E-state index in [9.17, 15) is 9.59 Å². The summed E-state index contributed by atoms with van der Waals surface area (Å²) in [6.45, 7) is 4.16. The van der Waals surface area contributed by atoms with E-state index in [-0.39, 0.29) is 11.9 Å². The highest BCUT2D eigenvalue weighted by Crippen LogP contribution is 2.30. The fraction of sp³-hybridized carbons (Fsp3) is 0.259. The van der Waals surface area contributed by atoms with Gasteiger partial charge in [0.2, 0.25) is 0 Å². The predicted molar refractivity (Wildman–Crippen MR) is 136 cm³/mol. The van der Waals surface area contributed by atoms with Crippen molar-refractivity contribution in [1.29, 1.82) is 0 Å². The Hall–Kier alpha value is -4.00. The first-order valence-corrected chi connectivity index (χ1v) is 11.5. The van der Waals surface area contributed by atoms with E-state index in [0.29, 0.717) is 23.5 Å². The number of anilines is 3. The van der Waals surface area contributed by atoms with Gasteiger partial charge in [0.05, 0.1) is 18.5 Å². The molecule has 0 radical (unpaired) electrons. The Labute approximate surface area is 200 Å². The molecule has 0 saturated carbocycles. The first-order chi connectivity index (χ1) is 16.5. The highest BCUT2D eigenvalue weighted by atomic mass is 16.5. The van der Waals surface area contributed by atoms with Crippen molar-refractivity contribution in [3.05, 3.63) is 83.4 Å². The average molecular weight is 459 g/mol. The van der Waals surface area contributed by atoms with E-state index in [1.165, 1.54) is 0 Å². The molecule has 0 aromatic heterocycles. The van der Waals surface area contributed by atoms with Crippen LogP contribution in [0.1, 0.15) is 34.3 Å². The summed E-state index contributed by atoms with van der Waals surface area (Å²) < 4.78 is 5.36. The number of urea groups is 1. The molecule has 0 aliphatic carbocycles. The van der Waals surface area contributed by atoms with E-state index >= 15 is 0 Å². The maximum atomic E-state index is 12.9. The Morgan fingerprint density at radius 2 is 1.74 bits per heavy atom. The third-order valence-corrected chi connectivity index (χ3v) is 5.86. The monoisotopic (exact) mass is 458 g/mol. The Balaban J connectivity index is 1.51. The normalized spacial score (nSPS) is 12.8. The van der Waals surface area contributed by atoms with Crippen molar-refractivity contribution < 1.29 is 14.3 Å². The first kappa shape index (κ1) is 23.2. The highest BCUT2D eigenvalue weighted by Gasteiger charge is 2.19.